The SMILES string of the molecule is COc1cccc([C@H]2C[C@H]2C(=O)Nc2n[nH]c3ccc([N+](=O)[O-])cc23)c1. The Bertz CT molecular complexity index is 1010. The Kier molecular flexibility index (Phi) is 3.80. The van der Waals surface area contributed by atoms with Gasteiger partial charge in [0.05, 0.1) is 22.9 Å². The van der Waals surface area contributed by atoms with Crippen LogP contribution in [-0.4, -0.2) is 28.1 Å². The number of H-pyrrole nitrogens is 1. The van der Waals surface area contributed by atoms with Crippen molar-refractivity contribution < 1.29 is 14.5 Å². The van der Waals surface area contributed by atoms with Crippen LogP contribution in [0.1, 0.15) is 17.9 Å². The number of nitro benzene ring substituents is 1. The fourth-order valence-electron chi connectivity index (χ4n) is 3.15. The van der Waals surface area contributed by atoms with Gasteiger partial charge in [-0.2, -0.15) is 5.10 Å². The molecule has 2 N–H and O–H groups in total. The summed E-state index contributed by atoms with van der Waals surface area (Å²) in [5.74, 6) is 0.930. The minimum Gasteiger partial charge on any atom is -0.497 e. The number of aromatic amines is 1. The molecule has 0 unspecified atom stereocenters. The van der Waals surface area contributed by atoms with E-state index in [2.05, 4.69) is 15.5 Å². The van der Waals surface area contributed by atoms with Gasteiger partial charge in [-0.05, 0) is 36.1 Å². The molecule has 1 aliphatic carbocycles. The Hall–Kier alpha value is -3.42. The molecule has 1 aliphatic rings. The average molecular weight is 352 g/mol. The zero-order valence-corrected chi connectivity index (χ0v) is 13.9. The molecule has 2 atom stereocenters. The van der Waals surface area contributed by atoms with Crippen LogP contribution in [0, 0.1) is 16.0 Å². The second-order valence-corrected chi connectivity index (χ2v) is 6.27. The molecule has 8 heteroatoms. The van der Waals surface area contributed by atoms with Gasteiger partial charge in [0.25, 0.3) is 5.69 Å². The predicted octanol–water partition coefficient (Wildman–Crippen LogP) is 3.22. The maximum atomic E-state index is 12.5. The van der Waals surface area contributed by atoms with Crippen LogP contribution < -0.4 is 10.1 Å². The summed E-state index contributed by atoms with van der Waals surface area (Å²) in [7, 11) is 1.61. The first-order valence-electron chi connectivity index (χ1n) is 8.14. The standard InChI is InChI=1S/C18H16N4O4/c1-26-12-4-2-3-10(7-12)13-9-14(13)18(23)19-17-15-8-11(22(24)25)5-6-16(15)20-21-17/h2-8,13-14H,9H2,1H3,(H2,19,20,21,23)/t13-,14-/m1/s1. The number of benzene rings is 2. The van der Waals surface area contributed by atoms with E-state index in [0.29, 0.717) is 16.7 Å². The fraction of sp³-hybridized carbons (Fsp3) is 0.222. The van der Waals surface area contributed by atoms with Crippen molar-refractivity contribution in [3.8, 4) is 5.75 Å². The predicted molar refractivity (Wildman–Crippen MR) is 95.2 cm³/mol. The van der Waals surface area contributed by atoms with Gasteiger partial charge in [0, 0.05) is 18.1 Å². The number of nitrogens with one attached hydrogen (secondary N) is 2. The molecular formula is C18H16N4O4. The molecule has 0 bridgehead atoms. The summed E-state index contributed by atoms with van der Waals surface area (Å²) in [6.07, 6.45) is 0.751. The third-order valence-electron chi connectivity index (χ3n) is 4.65. The highest BCUT2D eigenvalue weighted by Gasteiger charge is 2.44. The summed E-state index contributed by atoms with van der Waals surface area (Å²) in [6, 6.07) is 12.1. The highest BCUT2D eigenvalue weighted by atomic mass is 16.6. The zero-order valence-electron chi connectivity index (χ0n) is 13.9. The van der Waals surface area contributed by atoms with Crippen molar-refractivity contribution >= 4 is 28.3 Å². The number of non-ortho nitro benzene ring substituents is 1. The van der Waals surface area contributed by atoms with Crippen molar-refractivity contribution in [2.45, 2.75) is 12.3 Å². The van der Waals surface area contributed by atoms with Crippen molar-refractivity contribution in [3.63, 3.8) is 0 Å². The molecule has 1 saturated carbocycles. The van der Waals surface area contributed by atoms with E-state index in [-0.39, 0.29) is 23.4 Å². The summed E-state index contributed by atoms with van der Waals surface area (Å²) in [5.41, 5.74) is 1.65. The van der Waals surface area contributed by atoms with E-state index in [1.165, 1.54) is 12.1 Å². The Balaban J connectivity index is 1.51. The first-order valence-corrected chi connectivity index (χ1v) is 8.14. The fourth-order valence-corrected chi connectivity index (χ4v) is 3.15. The van der Waals surface area contributed by atoms with Gasteiger partial charge >= 0.3 is 0 Å². The number of methoxy groups -OCH3 is 1. The molecule has 1 aromatic heterocycles. The lowest BCUT2D eigenvalue weighted by Gasteiger charge is -2.05. The summed E-state index contributed by atoms with van der Waals surface area (Å²) < 4.78 is 5.22. The van der Waals surface area contributed by atoms with E-state index in [4.69, 9.17) is 4.74 Å². The van der Waals surface area contributed by atoms with E-state index >= 15 is 0 Å². The summed E-state index contributed by atoms with van der Waals surface area (Å²) in [5, 5.41) is 21.1. The van der Waals surface area contributed by atoms with Crippen molar-refractivity contribution in [1.29, 1.82) is 0 Å². The number of anilines is 1. The molecule has 3 aromatic rings. The molecule has 0 aliphatic heterocycles. The second kappa shape index (κ2) is 6.14. The van der Waals surface area contributed by atoms with Crippen LogP contribution >= 0.6 is 0 Å². The number of hydrogen-bond acceptors (Lipinski definition) is 5. The molecule has 132 valence electrons. The van der Waals surface area contributed by atoms with E-state index in [9.17, 15) is 14.9 Å². The van der Waals surface area contributed by atoms with Crippen molar-refractivity contribution in [2.75, 3.05) is 12.4 Å². The number of carbonyl (C=O) groups excluding carboxylic acids is 1. The summed E-state index contributed by atoms with van der Waals surface area (Å²) in [4.78, 5) is 23.0. The number of ether oxygens (including phenoxy) is 1. The molecular weight excluding hydrogens is 336 g/mol. The van der Waals surface area contributed by atoms with Crippen LogP contribution in [-0.2, 0) is 4.79 Å². The Morgan fingerprint density at radius 1 is 1.35 bits per heavy atom. The van der Waals surface area contributed by atoms with E-state index in [0.717, 1.165) is 17.7 Å². The lowest BCUT2D eigenvalue weighted by atomic mass is 10.1. The van der Waals surface area contributed by atoms with Gasteiger partial charge in [-0.1, -0.05) is 12.1 Å². The molecule has 0 saturated heterocycles. The van der Waals surface area contributed by atoms with Gasteiger partial charge in [0.2, 0.25) is 5.91 Å². The van der Waals surface area contributed by atoms with Gasteiger partial charge in [-0.3, -0.25) is 20.0 Å². The highest BCUT2D eigenvalue weighted by Crippen LogP contribution is 2.48. The van der Waals surface area contributed by atoms with Crippen molar-refractivity contribution in [2.24, 2.45) is 5.92 Å². The Morgan fingerprint density at radius 3 is 2.96 bits per heavy atom. The molecule has 2 aromatic carbocycles. The number of rotatable bonds is 5. The molecule has 26 heavy (non-hydrogen) atoms. The highest BCUT2D eigenvalue weighted by molar-refractivity contribution is 6.02. The normalized spacial score (nSPS) is 18.5. The lowest BCUT2D eigenvalue weighted by Crippen LogP contribution is -2.15. The van der Waals surface area contributed by atoms with Crippen LogP contribution in [0.4, 0.5) is 11.5 Å². The average Bonchev–Trinajstić information content (AvgIpc) is 3.37. The molecule has 0 radical (unpaired) electrons. The van der Waals surface area contributed by atoms with E-state index < -0.39 is 4.92 Å². The van der Waals surface area contributed by atoms with Crippen LogP contribution in [0.25, 0.3) is 10.9 Å². The zero-order chi connectivity index (χ0) is 18.3. The number of fused-ring (bicyclic) bond motifs is 1. The molecule has 8 nitrogen and oxygen atoms in total. The topological polar surface area (TPSA) is 110 Å². The molecule has 1 amide bonds. The number of amides is 1. The van der Waals surface area contributed by atoms with E-state index in [1.807, 2.05) is 24.3 Å². The Morgan fingerprint density at radius 2 is 2.19 bits per heavy atom. The minimum atomic E-state index is -0.474. The molecule has 1 fully saturated rings. The number of aromatic nitrogens is 2. The number of hydrogen-bond donors (Lipinski definition) is 2. The van der Waals surface area contributed by atoms with Crippen LogP contribution in [0.15, 0.2) is 42.5 Å². The van der Waals surface area contributed by atoms with Crippen LogP contribution in [0.5, 0.6) is 5.75 Å². The van der Waals surface area contributed by atoms with Crippen LogP contribution in [0.2, 0.25) is 0 Å². The quantitative estimate of drug-likeness (QED) is 0.541. The van der Waals surface area contributed by atoms with Gasteiger partial charge in [-0.15, -0.1) is 0 Å². The first kappa shape index (κ1) is 16.1. The maximum Gasteiger partial charge on any atom is 0.270 e. The smallest absolute Gasteiger partial charge is 0.270 e. The van der Waals surface area contributed by atoms with Gasteiger partial charge in [0.15, 0.2) is 5.82 Å². The van der Waals surface area contributed by atoms with Crippen LogP contribution in [0.3, 0.4) is 0 Å². The van der Waals surface area contributed by atoms with Gasteiger partial charge < -0.3 is 10.1 Å². The largest absolute Gasteiger partial charge is 0.497 e. The lowest BCUT2D eigenvalue weighted by molar-refractivity contribution is -0.384. The summed E-state index contributed by atoms with van der Waals surface area (Å²) in [6.45, 7) is 0. The first-order chi connectivity index (χ1) is 12.6. The maximum absolute atomic E-state index is 12.5. The molecule has 4 rings (SSSR count). The number of carbonyl (C=O) groups is 1. The van der Waals surface area contributed by atoms with E-state index in [1.54, 1.807) is 13.2 Å². The number of nitrogens with zero attached hydrogens (tertiary/aromatic N) is 2. The van der Waals surface area contributed by atoms with Crippen molar-refractivity contribution in [1.82, 2.24) is 10.2 Å². The third kappa shape index (κ3) is 2.85. The third-order valence-corrected chi connectivity index (χ3v) is 4.65. The second-order valence-electron chi connectivity index (χ2n) is 6.27. The molecule has 0 spiro atoms. The van der Waals surface area contributed by atoms with Crippen molar-refractivity contribution in [3.05, 3.63) is 58.1 Å². The number of nitro groups is 1. The molecule has 1 heterocycles. The monoisotopic (exact) mass is 352 g/mol. The Labute approximate surface area is 148 Å². The summed E-state index contributed by atoms with van der Waals surface area (Å²) >= 11 is 0. The minimum absolute atomic E-state index is 0.0462. The van der Waals surface area contributed by atoms with Gasteiger partial charge in [0.1, 0.15) is 5.75 Å². The van der Waals surface area contributed by atoms with Gasteiger partial charge in [-0.25, -0.2) is 0 Å².